The predicted octanol–water partition coefficient (Wildman–Crippen LogP) is 2.64. The van der Waals surface area contributed by atoms with Crippen molar-refractivity contribution in [1.29, 1.82) is 0 Å². The topological polar surface area (TPSA) is 65.7 Å². The van der Waals surface area contributed by atoms with Crippen LogP contribution in [0.25, 0.3) is 0 Å². The van der Waals surface area contributed by atoms with Crippen molar-refractivity contribution in [3.05, 3.63) is 48.5 Å². The van der Waals surface area contributed by atoms with Gasteiger partial charge >= 0.3 is 0 Å². The Hall–Kier alpha value is -2.50. The Morgan fingerprint density at radius 3 is 2.84 bits per heavy atom. The highest BCUT2D eigenvalue weighted by Gasteiger charge is 2.28. The number of piperidine rings is 1. The molecule has 0 amide bonds. The smallest absolute Gasteiger partial charge is 0.194 e. The molecule has 1 aliphatic rings. The van der Waals surface area contributed by atoms with Crippen molar-refractivity contribution in [2.45, 2.75) is 32.9 Å². The second-order valence-electron chi connectivity index (χ2n) is 6.63. The van der Waals surface area contributed by atoms with E-state index in [1.54, 1.807) is 12.1 Å². The van der Waals surface area contributed by atoms with Crippen LogP contribution in [0.1, 0.15) is 31.9 Å². The van der Waals surface area contributed by atoms with Crippen LogP contribution in [-0.4, -0.2) is 45.2 Å². The zero-order valence-electron chi connectivity index (χ0n) is 15.0. The van der Waals surface area contributed by atoms with Gasteiger partial charge in [-0.1, -0.05) is 19.1 Å². The normalized spacial score (nSPS) is 21.4. The van der Waals surface area contributed by atoms with Crippen molar-refractivity contribution in [2.75, 3.05) is 19.6 Å². The van der Waals surface area contributed by atoms with Crippen molar-refractivity contribution >= 4 is 5.96 Å². The number of phenolic OH excluding ortho intramolecular Hbond substituents is 1. The van der Waals surface area contributed by atoms with Gasteiger partial charge in [-0.05, 0) is 37.0 Å². The first-order chi connectivity index (χ1) is 12.2. The van der Waals surface area contributed by atoms with Gasteiger partial charge in [0, 0.05) is 32.0 Å². The third-order valence-electron chi connectivity index (χ3n) is 4.81. The average Bonchev–Trinajstić information content (AvgIpc) is 3.15. The molecule has 1 fully saturated rings. The molecule has 0 spiro atoms. The van der Waals surface area contributed by atoms with Crippen molar-refractivity contribution in [3.8, 4) is 5.75 Å². The number of hydrogen-bond acceptors (Lipinski definition) is 3. The first-order valence-electron chi connectivity index (χ1n) is 8.96. The highest BCUT2D eigenvalue weighted by Crippen LogP contribution is 2.27. The molecule has 2 aromatic rings. The fraction of sp³-hybridized carbons (Fsp3) is 0.474. The second-order valence-corrected chi connectivity index (χ2v) is 6.63. The Morgan fingerprint density at radius 1 is 1.36 bits per heavy atom. The number of likely N-dealkylation sites (tertiary alicyclic amines) is 1. The van der Waals surface area contributed by atoms with Gasteiger partial charge < -0.3 is 19.9 Å². The molecule has 6 nitrogen and oxygen atoms in total. The molecule has 134 valence electrons. The molecule has 1 aliphatic heterocycles. The molecular formula is C19H27N5O. The van der Waals surface area contributed by atoms with Crippen LogP contribution in [0, 0.1) is 5.92 Å². The molecule has 3 rings (SSSR count). The number of rotatable bonds is 4. The van der Waals surface area contributed by atoms with Crippen LogP contribution >= 0.6 is 0 Å². The molecule has 2 unspecified atom stereocenters. The van der Waals surface area contributed by atoms with E-state index >= 15 is 0 Å². The lowest BCUT2D eigenvalue weighted by molar-refractivity contribution is 0.189. The van der Waals surface area contributed by atoms with Crippen molar-refractivity contribution in [3.63, 3.8) is 0 Å². The van der Waals surface area contributed by atoms with E-state index in [-0.39, 0.29) is 5.75 Å². The SMILES string of the molecule is CCNC(=NCc1ccc(O)cc1)N1CCC(C)C(n2ccnc2)C1. The molecule has 2 N–H and O–H groups in total. The van der Waals surface area contributed by atoms with Gasteiger partial charge in [0.05, 0.1) is 18.9 Å². The fourth-order valence-electron chi connectivity index (χ4n) is 3.29. The van der Waals surface area contributed by atoms with E-state index in [1.165, 1.54) is 0 Å². The van der Waals surface area contributed by atoms with Crippen LogP contribution in [0.2, 0.25) is 0 Å². The summed E-state index contributed by atoms with van der Waals surface area (Å²) in [5.74, 6) is 1.85. The monoisotopic (exact) mass is 341 g/mol. The number of benzene rings is 1. The third kappa shape index (κ3) is 4.32. The molecule has 0 radical (unpaired) electrons. The summed E-state index contributed by atoms with van der Waals surface area (Å²) < 4.78 is 2.21. The van der Waals surface area contributed by atoms with Gasteiger partial charge in [-0.3, -0.25) is 0 Å². The van der Waals surface area contributed by atoms with Gasteiger partial charge in [0.1, 0.15) is 5.75 Å². The minimum absolute atomic E-state index is 0.285. The number of aromatic nitrogens is 2. The average molecular weight is 341 g/mol. The predicted molar refractivity (Wildman–Crippen MR) is 99.5 cm³/mol. The molecule has 2 atom stereocenters. The van der Waals surface area contributed by atoms with E-state index in [4.69, 9.17) is 4.99 Å². The van der Waals surface area contributed by atoms with Crippen LogP contribution in [0.15, 0.2) is 48.0 Å². The van der Waals surface area contributed by atoms with Crippen LogP contribution in [0.4, 0.5) is 0 Å². The van der Waals surface area contributed by atoms with E-state index in [0.29, 0.717) is 18.5 Å². The standard InChI is InChI=1S/C19H27N5O/c1-3-21-19(22-12-16-4-6-17(25)7-5-16)23-10-8-15(2)18(13-23)24-11-9-20-14-24/h4-7,9,11,14-15,18,25H,3,8,10,12-13H2,1-2H3,(H,21,22). The van der Waals surface area contributed by atoms with Gasteiger partial charge in [-0.25, -0.2) is 9.98 Å². The van der Waals surface area contributed by atoms with Gasteiger partial charge in [-0.15, -0.1) is 0 Å². The maximum atomic E-state index is 9.40. The van der Waals surface area contributed by atoms with Gasteiger partial charge in [0.25, 0.3) is 0 Å². The zero-order valence-corrected chi connectivity index (χ0v) is 15.0. The summed E-state index contributed by atoms with van der Waals surface area (Å²) in [5, 5.41) is 12.8. The van der Waals surface area contributed by atoms with Crippen LogP contribution < -0.4 is 5.32 Å². The summed E-state index contributed by atoms with van der Waals surface area (Å²) in [6, 6.07) is 7.64. The molecule has 0 aliphatic carbocycles. The third-order valence-corrected chi connectivity index (χ3v) is 4.81. The maximum absolute atomic E-state index is 9.40. The quantitative estimate of drug-likeness (QED) is 0.663. The van der Waals surface area contributed by atoms with E-state index in [0.717, 1.165) is 37.6 Å². The largest absolute Gasteiger partial charge is 0.508 e. The molecule has 1 aromatic heterocycles. The zero-order chi connectivity index (χ0) is 17.6. The minimum atomic E-state index is 0.285. The number of imidazole rings is 1. The van der Waals surface area contributed by atoms with E-state index < -0.39 is 0 Å². The number of aromatic hydroxyl groups is 1. The number of nitrogens with zero attached hydrogens (tertiary/aromatic N) is 4. The number of guanidine groups is 1. The highest BCUT2D eigenvalue weighted by atomic mass is 16.3. The van der Waals surface area contributed by atoms with Crippen molar-refractivity contribution < 1.29 is 5.11 Å². The summed E-state index contributed by atoms with van der Waals surface area (Å²) >= 11 is 0. The summed E-state index contributed by atoms with van der Waals surface area (Å²) in [6.07, 6.45) is 6.93. The molecular weight excluding hydrogens is 314 g/mol. The summed E-state index contributed by atoms with van der Waals surface area (Å²) in [5.41, 5.74) is 1.09. The van der Waals surface area contributed by atoms with Gasteiger partial charge in [-0.2, -0.15) is 0 Å². The number of hydrogen-bond donors (Lipinski definition) is 2. The Kier molecular flexibility index (Phi) is 5.58. The molecule has 25 heavy (non-hydrogen) atoms. The minimum Gasteiger partial charge on any atom is -0.508 e. The summed E-state index contributed by atoms with van der Waals surface area (Å²) in [4.78, 5) is 11.3. The van der Waals surface area contributed by atoms with Crippen LogP contribution in [0.3, 0.4) is 0 Å². The highest BCUT2D eigenvalue weighted by molar-refractivity contribution is 5.80. The van der Waals surface area contributed by atoms with Crippen molar-refractivity contribution in [2.24, 2.45) is 10.9 Å². The van der Waals surface area contributed by atoms with Gasteiger partial charge in [0.2, 0.25) is 0 Å². The number of nitrogens with one attached hydrogen (secondary N) is 1. The molecule has 0 saturated carbocycles. The first kappa shape index (κ1) is 17.3. The van der Waals surface area contributed by atoms with E-state index in [1.807, 2.05) is 30.9 Å². The van der Waals surface area contributed by atoms with Crippen molar-refractivity contribution in [1.82, 2.24) is 19.8 Å². The number of phenols is 1. The lowest BCUT2D eigenvalue weighted by Crippen LogP contribution is -2.49. The Morgan fingerprint density at radius 2 is 2.16 bits per heavy atom. The second kappa shape index (κ2) is 8.05. The summed E-state index contributed by atoms with van der Waals surface area (Å²) in [7, 11) is 0. The maximum Gasteiger partial charge on any atom is 0.194 e. The number of aliphatic imine (C=N–C) groups is 1. The molecule has 2 heterocycles. The molecule has 1 aromatic carbocycles. The molecule has 1 saturated heterocycles. The molecule has 6 heteroatoms. The Balaban J connectivity index is 1.72. The van der Waals surface area contributed by atoms with E-state index in [9.17, 15) is 5.11 Å². The van der Waals surface area contributed by atoms with Crippen LogP contribution in [-0.2, 0) is 6.54 Å². The summed E-state index contributed by atoms with van der Waals surface area (Å²) in [6.45, 7) is 7.78. The lowest BCUT2D eigenvalue weighted by atomic mass is 9.93. The first-order valence-corrected chi connectivity index (χ1v) is 8.96. The van der Waals surface area contributed by atoms with Gasteiger partial charge in [0.15, 0.2) is 5.96 Å². The fourth-order valence-corrected chi connectivity index (χ4v) is 3.29. The Bertz CT molecular complexity index is 680. The van der Waals surface area contributed by atoms with Crippen LogP contribution in [0.5, 0.6) is 5.75 Å². The lowest BCUT2D eigenvalue weighted by Gasteiger charge is -2.39. The Labute approximate surface area is 149 Å². The molecule has 0 bridgehead atoms. The van der Waals surface area contributed by atoms with E-state index in [2.05, 4.69) is 33.6 Å².